The zero-order valence-corrected chi connectivity index (χ0v) is 10.7. The lowest BCUT2D eigenvalue weighted by atomic mass is 10.1. The first-order valence-electron chi connectivity index (χ1n) is 6.09. The highest BCUT2D eigenvalue weighted by atomic mass is 19.1. The Morgan fingerprint density at radius 1 is 1.10 bits per heavy atom. The lowest BCUT2D eigenvalue weighted by Crippen LogP contribution is -2.25. The number of nitrogens with one attached hydrogen (secondary N) is 1. The molecule has 0 aromatic heterocycles. The van der Waals surface area contributed by atoms with E-state index in [1.54, 1.807) is 24.3 Å². The molecule has 0 saturated carbocycles. The predicted octanol–water partition coefficient (Wildman–Crippen LogP) is 2.41. The van der Waals surface area contributed by atoms with Crippen molar-refractivity contribution >= 4 is 11.6 Å². The van der Waals surface area contributed by atoms with Gasteiger partial charge in [-0.2, -0.15) is 0 Å². The quantitative estimate of drug-likeness (QED) is 0.843. The molecule has 0 bridgehead atoms. The van der Waals surface area contributed by atoms with Gasteiger partial charge in [-0.25, -0.2) is 8.78 Å². The molecule has 0 saturated heterocycles. The highest BCUT2D eigenvalue weighted by molar-refractivity contribution is 5.78. The van der Waals surface area contributed by atoms with Crippen LogP contribution in [0.2, 0.25) is 0 Å². The second-order valence-electron chi connectivity index (χ2n) is 4.43. The number of benzene rings is 2. The van der Waals surface area contributed by atoms with E-state index in [0.29, 0.717) is 5.69 Å². The Morgan fingerprint density at radius 2 is 1.80 bits per heavy atom. The molecule has 5 heteroatoms. The van der Waals surface area contributed by atoms with Crippen LogP contribution in [0.3, 0.4) is 0 Å². The summed E-state index contributed by atoms with van der Waals surface area (Å²) in [6.45, 7) is -0.0442. The molecule has 3 nitrogen and oxygen atoms in total. The average molecular weight is 276 g/mol. The molecule has 2 aromatic rings. The second-order valence-corrected chi connectivity index (χ2v) is 4.43. The summed E-state index contributed by atoms with van der Waals surface area (Å²) < 4.78 is 26.3. The van der Waals surface area contributed by atoms with Crippen molar-refractivity contribution in [3.05, 3.63) is 65.2 Å². The third-order valence-corrected chi connectivity index (χ3v) is 2.83. The highest BCUT2D eigenvalue weighted by Gasteiger charge is 2.07. The summed E-state index contributed by atoms with van der Waals surface area (Å²) in [5.74, 6) is -1.34. The standard InChI is InChI=1S/C15H14F2N2O/c16-12-3-6-14(17)11(8-12)9-19-15(20)7-10-1-4-13(18)5-2-10/h1-6,8H,7,9,18H2,(H,19,20). The lowest BCUT2D eigenvalue weighted by molar-refractivity contribution is -0.120. The zero-order valence-electron chi connectivity index (χ0n) is 10.7. The Labute approximate surface area is 115 Å². The number of carbonyl (C=O) groups excluding carboxylic acids is 1. The third-order valence-electron chi connectivity index (χ3n) is 2.83. The minimum Gasteiger partial charge on any atom is -0.399 e. The van der Waals surface area contributed by atoms with Gasteiger partial charge in [0.2, 0.25) is 5.91 Å². The summed E-state index contributed by atoms with van der Waals surface area (Å²) in [6, 6.07) is 10.0. The van der Waals surface area contributed by atoms with Crippen LogP contribution in [0, 0.1) is 11.6 Å². The first-order valence-corrected chi connectivity index (χ1v) is 6.09. The molecular formula is C15H14F2N2O. The summed E-state index contributed by atoms with van der Waals surface area (Å²) in [5.41, 5.74) is 7.09. The summed E-state index contributed by atoms with van der Waals surface area (Å²) in [6.07, 6.45) is 0.164. The monoisotopic (exact) mass is 276 g/mol. The predicted molar refractivity (Wildman–Crippen MR) is 72.8 cm³/mol. The van der Waals surface area contributed by atoms with Crippen LogP contribution < -0.4 is 11.1 Å². The Hall–Kier alpha value is -2.43. The normalized spacial score (nSPS) is 10.3. The molecule has 0 unspecified atom stereocenters. The number of amides is 1. The minimum absolute atomic E-state index is 0.0442. The minimum atomic E-state index is -0.542. The Balaban J connectivity index is 1.92. The lowest BCUT2D eigenvalue weighted by Gasteiger charge is -2.07. The molecular weight excluding hydrogens is 262 g/mol. The average Bonchev–Trinajstić information content (AvgIpc) is 2.42. The van der Waals surface area contributed by atoms with Crippen molar-refractivity contribution < 1.29 is 13.6 Å². The number of hydrogen-bond donors (Lipinski definition) is 2. The molecule has 104 valence electrons. The molecule has 2 rings (SSSR count). The fourth-order valence-electron chi connectivity index (χ4n) is 1.76. The number of nitrogens with two attached hydrogens (primary N) is 1. The number of halogens is 2. The zero-order chi connectivity index (χ0) is 14.5. The molecule has 0 spiro atoms. The van der Waals surface area contributed by atoms with Crippen LogP contribution in [0.25, 0.3) is 0 Å². The highest BCUT2D eigenvalue weighted by Crippen LogP contribution is 2.10. The number of hydrogen-bond acceptors (Lipinski definition) is 2. The van der Waals surface area contributed by atoms with Gasteiger partial charge in [-0.15, -0.1) is 0 Å². The van der Waals surface area contributed by atoms with E-state index in [1.807, 2.05) is 0 Å². The summed E-state index contributed by atoms with van der Waals surface area (Å²) >= 11 is 0. The van der Waals surface area contributed by atoms with Crippen molar-refractivity contribution in [1.82, 2.24) is 5.32 Å². The van der Waals surface area contributed by atoms with Crippen molar-refractivity contribution in [2.24, 2.45) is 0 Å². The Morgan fingerprint density at radius 3 is 2.50 bits per heavy atom. The van der Waals surface area contributed by atoms with Gasteiger partial charge in [-0.3, -0.25) is 4.79 Å². The van der Waals surface area contributed by atoms with Crippen molar-refractivity contribution in [1.29, 1.82) is 0 Å². The smallest absolute Gasteiger partial charge is 0.224 e. The SMILES string of the molecule is Nc1ccc(CC(=O)NCc2cc(F)ccc2F)cc1. The van der Waals surface area contributed by atoms with Gasteiger partial charge in [-0.1, -0.05) is 12.1 Å². The fraction of sp³-hybridized carbons (Fsp3) is 0.133. The van der Waals surface area contributed by atoms with Crippen molar-refractivity contribution in [2.45, 2.75) is 13.0 Å². The Bertz CT molecular complexity index is 612. The summed E-state index contributed by atoms with van der Waals surface area (Å²) in [4.78, 5) is 11.7. The van der Waals surface area contributed by atoms with Crippen LogP contribution >= 0.6 is 0 Å². The molecule has 0 radical (unpaired) electrons. The van der Waals surface area contributed by atoms with Crippen LogP contribution in [0.1, 0.15) is 11.1 Å². The molecule has 0 heterocycles. The first-order chi connectivity index (χ1) is 9.54. The van der Waals surface area contributed by atoms with Crippen LogP contribution in [0.4, 0.5) is 14.5 Å². The van der Waals surface area contributed by atoms with E-state index in [2.05, 4.69) is 5.32 Å². The van der Waals surface area contributed by atoms with Crippen LogP contribution in [-0.2, 0) is 17.8 Å². The van der Waals surface area contributed by atoms with Gasteiger partial charge in [0, 0.05) is 17.8 Å². The maximum atomic E-state index is 13.4. The maximum Gasteiger partial charge on any atom is 0.224 e. The molecule has 0 aliphatic rings. The van der Waals surface area contributed by atoms with E-state index in [0.717, 1.165) is 23.8 Å². The van der Waals surface area contributed by atoms with Gasteiger partial charge in [-0.05, 0) is 35.9 Å². The van der Waals surface area contributed by atoms with Crippen molar-refractivity contribution in [2.75, 3.05) is 5.73 Å². The molecule has 0 fully saturated rings. The van der Waals surface area contributed by atoms with Gasteiger partial charge in [0.25, 0.3) is 0 Å². The number of rotatable bonds is 4. The van der Waals surface area contributed by atoms with Crippen LogP contribution in [-0.4, -0.2) is 5.91 Å². The first kappa shape index (κ1) is 14.0. The largest absolute Gasteiger partial charge is 0.399 e. The molecule has 0 atom stereocenters. The van der Waals surface area contributed by atoms with Crippen LogP contribution in [0.5, 0.6) is 0 Å². The van der Waals surface area contributed by atoms with Gasteiger partial charge < -0.3 is 11.1 Å². The number of nitrogen functional groups attached to an aromatic ring is 1. The molecule has 1 amide bonds. The van der Waals surface area contributed by atoms with E-state index in [4.69, 9.17) is 5.73 Å². The van der Waals surface area contributed by atoms with E-state index in [-0.39, 0.29) is 24.4 Å². The Kier molecular flexibility index (Phi) is 4.30. The fourth-order valence-corrected chi connectivity index (χ4v) is 1.76. The second kappa shape index (κ2) is 6.14. The van der Waals surface area contributed by atoms with E-state index in [1.165, 1.54) is 0 Å². The molecule has 0 aliphatic heterocycles. The van der Waals surface area contributed by atoms with Crippen molar-refractivity contribution in [3.63, 3.8) is 0 Å². The van der Waals surface area contributed by atoms with Crippen molar-refractivity contribution in [3.8, 4) is 0 Å². The van der Waals surface area contributed by atoms with Gasteiger partial charge >= 0.3 is 0 Å². The molecule has 20 heavy (non-hydrogen) atoms. The third kappa shape index (κ3) is 3.78. The maximum absolute atomic E-state index is 13.4. The van der Waals surface area contributed by atoms with E-state index in [9.17, 15) is 13.6 Å². The van der Waals surface area contributed by atoms with Crippen LogP contribution in [0.15, 0.2) is 42.5 Å². The molecule has 2 aromatic carbocycles. The van der Waals surface area contributed by atoms with Gasteiger partial charge in [0.15, 0.2) is 0 Å². The molecule has 0 aliphatic carbocycles. The van der Waals surface area contributed by atoms with E-state index < -0.39 is 11.6 Å². The van der Waals surface area contributed by atoms with Gasteiger partial charge in [0.05, 0.1) is 6.42 Å². The molecule has 3 N–H and O–H groups in total. The van der Waals surface area contributed by atoms with E-state index >= 15 is 0 Å². The topological polar surface area (TPSA) is 55.1 Å². The van der Waals surface area contributed by atoms with Gasteiger partial charge in [0.1, 0.15) is 11.6 Å². The summed E-state index contributed by atoms with van der Waals surface area (Å²) in [5, 5.41) is 2.55. The number of carbonyl (C=O) groups is 1. The summed E-state index contributed by atoms with van der Waals surface area (Å²) in [7, 11) is 0. The number of anilines is 1.